The average molecular weight is 258 g/mol. The summed E-state index contributed by atoms with van der Waals surface area (Å²) in [5.74, 6) is 0. The summed E-state index contributed by atoms with van der Waals surface area (Å²) in [7, 11) is 0. The smallest absolute Gasteiger partial charge is 0.149 e. The molecule has 0 amide bonds. The molecule has 0 aromatic heterocycles. The van der Waals surface area contributed by atoms with E-state index in [1.54, 1.807) is 18.2 Å². The van der Waals surface area contributed by atoms with Gasteiger partial charge >= 0.3 is 0 Å². The molecule has 0 saturated carbocycles. The minimum Gasteiger partial charge on any atom is -0.371 e. The van der Waals surface area contributed by atoms with Crippen LogP contribution >= 0.6 is 11.6 Å². The van der Waals surface area contributed by atoms with Crippen molar-refractivity contribution in [3.63, 3.8) is 0 Å². The van der Waals surface area contributed by atoms with Crippen molar-refractivity contribution >= 4 is 23.4 Å². The molecule has 0 fully saturated rings. The summed E-state index contributed by atoms with van der Waals surface area (Å²) in [5, 5.41) is 28.1. The molecule has 0 spiro atoms. The quantitative estimate of drug-likeness (QED) is 0.838. The number of aliphatic imine (C=N–C) groups is 1. The van der Waals surface area contributed by atoms with Gasteiger partial charge in [-0.2, -0.15) is 10.5 Å². The largest absolute Gasteiger partial charge is 0.371 e. The lowest BCUT2D eigenvalue weighted by Crippen LogP contribution is -2.12. The Balaban J connectivity index is 2.64. The van der Waals surface area contributed by atoms with Crippen molar-refractivity contribution in [1.29, 1.82) is 10.5 Å². The number of hydrogen-bond acceptors (Lipinski definition) is 4. The van der Waals surface area contributed by atoms with Gasteiger partial charge in [-0.05, 0) is 29.3 Å². The third-order valence-electron chi connectivity index (χ3n) is 2.64. The molecule has 1 aliphatic rings. The zero-order valence-corrected chi connectivity index (χ0v) is 10.0. The molecule has 18 heavy (non-hydrogen) atoms. The molecule has 1 unspecified atom stereocenters. The van der Waals surface area contributed by atoms with E-state index in [0.717, 1.165) is 0 Å². The number of allylic oxidation sites excluding steroid dienone is 1. The van der Waals surface area contributed by atoms with Gasteiger partial charge in [0.15, 0.2) is 0 Å². The summed E-state index contributed by atoms with van der Waals surface area (Å²) in [6.45, 7) is 0. The molecule has 4 nitrogen and oxygen atoms in total. The van der Waals surface area contributed by atoms with E-state index in [1.807, 2.05) is 6.07 Å². The van der Waals surface area contributed by atoms with Crippen LogP contribution in [0.2, 0.25) is 5.02 Å². The first-order chi connectivity index (χ1) is 8.65. The Morgan fingerprint density at radius 3 is 2.78 bits per heavy atom. The summed E-state index contributed by atoms with van der Waals surface area (Å²) >= 11 is 5.91. The van der Waals surface area contributed by atoms with E-state index in [-0.39, 0.29) is 6.42 Å². The molecule has 1 atom stereocenters. The molecule has 0 radical (unpaired) electrons. The number of benzene rings is 1. The summed E-state index contributed by atoms with van der Waals surface area (Å²) < 4.78 is 0. The van der Waals surface area contributed by atoms with E-state index in [0.29, 0.717) is 27.3 Å². The second-order valence-electron chi connectivity index (χ2n) is 3.77. The fourth-order valence-corrected chi connectivity index (χ4v) is 1.97. The number of rotatable bonds is 1. The molecule has 5 heteroatoms. The maximum atomic E-state index is 9.53. The van der Waals surface area contributed by atoms with E-state index >= 15 is 0 Å². The highest BCUT2D eigenvalue weighted by Crippen LogP contribution is 2.30. The standard InChI is InChI=1S/C13H8ClN3O/c14-10-2-1-8(5-15)11(3-10)12-4-13(18)17-7-9(12)6-16/h1-3,7,13,18H,4H2. The van der Waals surface area contributed by atoms with Crippen molar-refractivity contribution in [3.05, 3.63) is 39.9 Å². The van der Waals surface area contributed by atoms with Crippen LogP contribution in [0.25, 0.3) is 5.57 Å². The first-order valence-corrected chi connectivity index (χ1v) is 5.58. The highest BCUT2D eigenvalue weighted by Gasteiger charge is 2.19. The molecule has 2 rings (SSSR count). The van der Waals surface area contributed by atoms with Crippen LogP contribution in [-0.2, 0) is 0 Å². The Morgan fingerprint density at radius 1 is 1.33 bits per heavy atom. The molecular formula is C13H8ClN3O. The summed E-state index contributed by atoms with van der Waals surface area (Å²) in [6, 6.07) is 8.90. The number of dihydropyridines is 1. The number of nitrogens with zero attached hydrogens (tertiary/aromatic N) is 3. The van der Waals surface area contributed by atoms with Crippen LogP contribution in [0.15, 0.2) is 28.8 Å². The van der Waals surface area contributed by atoms with Crippen molar-refractivity contribution in [2.24, 2.45) is 4.99 Å². The van der Waals surface area contributed by atoms with Crippen LogP contribution in [0.1, 0.15) is 17.5 Å². The van der Waals surface area contributed by atoms with Crippen LogP contribution in [0.5, 0.6) is 0 Å². The van der Waals surface area contributed by atoms with Gasteiger partial charge in [-0.1, -0.05) is 11.6 Å². The van der Waals surface area contributed by atoms with Gasteiger partial charge in [-0.3, -0.25) is 4.99 Å². The van der Waals surface area contributed by atoms with Gasteiger partial charge in [0.1, 0.15) is 12.3 Å². The Labute approximate surface area is 109 Å². The lowest BCUT2D eigenvalue weighted by Gasteiger charge is -2.16. The van der Waals surface area contributed by atoms with E-state index in [9.17, 15) is 5.11 Å². The van der Waals surface area contributed by atoms with Crippen molar-refractivity contribution in [1.82, 2.24) is 0 Å². The number of halogens is 1. The SMILES string of the molecule is N#CC1=C(c2cc(Cl)ccc2C#N)CC(O)N=C1. The zero-order chi connectivity index (χ0) is 13.1. The van der Waals surface area contributed by atoms with Crippen LogP contribution in [0.4, 0.5) is 0 Å². The Morgan fingerprint density at radius 2 is 2.11 bits per heavy atom. The zero-order valence-electron chi connectivity index (χ0n) is 9.26. The average Bonchev–Trinajstić information content (AvgIpc) is 2.38. The summed E-state index contributed by atoms with van der Waals surface area (Å²) in [6.07, 6.45) is 0.641. The summed E-state index contributed by atoms with van der Waals surface area (Å²) in [4.78, 5) is 3.77. The van der Waals surface area contributed by atoms with Crippen LogP contribution < -0.4 is 0 Å². The third kappa shape index (κ3) is 2.26. The molecule has 1 aliphatic heterocycles. The van der Waals surface area contributed by atoms with Crippen LogP contribution in [0.3, 0.4) is 0 Å². The van der Waals surface area contributed by atoms with Gasteiger partial charge in [-0.25, -0.2) is 0 Å². The maximum Gasteiger partial charge on any atom is 0.149 e. The van der Waals surface area contributed by atoms with Crippen molar-refractivity contribution < 1.29 is 5.11 Å². The molecule has 1 aromatic rings. The number of hydrogen-bond donors (Lipinski definition) is 1. The fraction of sp³-hybridized carbons (Fsp3) is 0.154. The first kappa shape index (κ1) is 12.3. The highest BCUT2D eigenvalue weighted by molar-refractivity contribution is 6.30. The lowest BCUT2D eigenvalue weighted by atomic mass is 9.92. The van der Waals surface area contributed by atoms with Gasteiger partial charge in [-0.15, -0.1) is 0 Å². The fourth-order valence-electron chi connectivity index (χ4n) is 1.80. The van der Waals surface area contributed by atoms with Crippen molar-refractivity contribution in [3.8, 4) is 12.1 Å². The van der Waals surface area contributed by atoms with Gasteiger partial charge in [0.05, 0.1) is 17.2 Å². The van der Waals surface area contributed by atoms with E-state index < -0.39 is 6.23 Å². The van der Waals surface area contributed by atoms with Crippen molar-refractivity contribution in [2.75, 3.05) is 0 Å². The second kappa shape index (κ2) is 5.01. The normalized spacial score (nSPS) is 18.3. The molecule has 0 aliphatic carbocycles. The van der Waals surface area contributed by atoms with Crippen LogP contribution in [0, 0.1) is 22.7 Å². The van der Waals surface area contributed by atoms with E-state index in [1.165, 1.54) is 6.21 Å². The molecule has 0 bridgehead atoms. The minimum absolute atomic E-state index is 0.203. The van der Waals surface area contributed by atoms with Crippen molar-refractivity contribution in [2.45, 2.75) is 12.6 Å². The lowest BCUT2D eigenvalue weighted by molar-refractivity contribution is 0.190. The van der Waals surface area contributed by atoms with E-state index in [2.05, 4.69) is 11.1 Å². The maximum absolute atomic E-state index is 9.53. The Hall–Kier alpha value is -2.14. The topological polar surface area (TPSA) is 80.2 Å². The molecule has 1 heterocycles. The minimum atomic E-state index is -0.886. The first-order valence-electron chi connectivity index (χ1n) is 5.20. The number of aliphatic hydroxyl groups is 1. The van der Waals surface area contributed by atoms with Gasteiger partial charge in [0.2, 0.25) is 0 Å². The summed E-state index contributed by atoms with van der Waals surface area (Å²) in [5.41, 5.74) is 1.94. The second-order valence-corrected chi connectivity index (χ2v) is 4.21. The van der Waals surface area contributed by atoms with Gasteiger partial charge < -0.3 is 5.11 Å². The number of nitriles is 2. The Bertz CT molecular complexity index is 635. The Kier molecular flexibility index (Phi) is 3.43. The highest BCUT2D eigenvalue weighted by atomic mass is 35.5. The third-order valence-corrected chi connectivity index (χ3v) is 2.87. The van der Waals surface area contributed by atoms with E-state index in [4.69, 9.17) is 22.1 Å². The van der Waals surface area contributed by atoms with Gasteiger partial charge in [0.25, 0.3) is 0 Å². The predicted molar refractivity (Wildman–Crippen MR) is 67.8 cm³/mol. The molecule has 0 saturated heterocycles. The predicted octanol–water partition coefficient (Wildman–Crippen LogP) is 2.28. The molecule has 88 valence electrons. The molecule has 1 N–H and O–H groups in total. The van der Waals surface area contributed by atoms with Crippen LogP contribution in [-0.4, -0.2) is 17.5 Å². The monoisotopic (exact) mass is 257 g/mol. The van der Waals surface area contributed by atoms with Gasteiger partial charge in [0, 0.05) is 17.7 Å². The number of aliphatic hydroxyl groups excluding tert-OH is 1. The molecule has 1 aromatic carbocycles. The molecular weight excluding hydrogens is 250 g/mol.